The molecule has 0 radical (unpaired) electrons. The molecular weight excluding hydrogens is 246 g/mol. The van der Waals surface area contributed by atoms with E-state index in [1.807, 2.05) is 0 Å². The highest BCUT2D eigenvalue weighted by atomic mass is 16.4. The molecule has 3 N–H and O–H groups in total. The zero-order chi connectivity index (χ0) is 14.6. The smallest absolute Gasteiger partial charge is 0.303 e. The number of carbonyl (C=O) groups is 2. The highest BCUT2D eigenvalue weighted by molar-refractivity contribution is 5.92. The van der Waals surface area contributed by atoms with E-state index in [1.165, 1.54) is 6.07 Å². The number of aromatic hydroxyl groups is 1. The summed E-state index contributed by atoms with van der Waals surface area (Å²) in [4.78, 5) is 22.6. The molecule has 104 valence electrons. The number of aryl methyl sites for hydroxylation is 1. The van der Waals surface area contributed by atoms with Crippen molar-refractivity contribution in [3.63, 3.8) is 0 Å². The number of nitrogens with one attached hydrogen (secondary N) is 1. The third-order valence-electron chi connectivity index (χ3n) is 2.75. The minimum absolute atomic E-state index is 0.0605. The van der Waals surface area contributed by atoms with E-state index in [9.17, 15) is 14.7 Å². The van der Waals surface area contributed by atoms with Gasteiger partial charge < -0.3 is 15.5 Å². The Morgan fingerprint density at radius 2 is 1.89 bits per heavy atom. The molecule has 0 unspecified atom stereocenters. The van der Waals surface area contributed by atoms with Gasteiger partial charge in [0.05, 0.1) is 6.42 Å². The highest BCUT2D eigenvalue weighted by Gasteiger charge is 2.25. The van der Waals surface area contributed by atoms with Gasteiger partial charge in [-0.2, -0.15) is 0 Å². The Morgan fingerprint density at radius 1 is 1.26 bits per heavy atom. The maximum absolute atomic E-state index is 11.9. The van der Waals surface area contributed by atoms with Gasteiger partial charge in [0.1, 0.15) is 5.75 Å². The van der Waals surface area contributed by atoms with E-state index in [0.717, 1.165) is 5.56 Å². The number of carboxylic acids is 1. The van der Waals surface area contributed by atoms with Crippen molar-refractivity contribution in [2.75, 3.05) is 5.32 Å². The lowest BCUT2D eigenvalue weighted by molar-refractivity contribution is -0.139. The van der Waals surface area contributed by atoms with Crippen LogP contribution in [-0.4, -0.2) is 22.1 Å². The van der Waals surface area contributed by atoms with Crippen LogP contribution in [0.2, 0.25) is 0 Å². The summed E-state index contributed by atoms with van der Waals surface area (Å²) in [6.07, 6.45) is 0.0641. The molecule has 0 aliphatic heterocycles. The first-order valence-corrected chi connectivity index (χ1v) is 6.01. The highest BCUT2D eigenvalue weighted by Crippen LogP contribution is 2.26. The predicted octanol–water partition coefficient (Wildman–Crippen LogP) is 2.53. The molecule has 0 bridgehead atoms. The van der Waals surface area contributed by atoms with E-state index in [2.05, 4.69) is 5.32 Å². The van der Waals surface area contributed by atoms with E-state index in [1.54, 1.807) is 32.9 Å². The number of amides is 1. The summed E-state index contributed by atoms with van der Waals surface area (Å²) in [6.45, 7) is 5.26. The summed E-state index contributed by atoms with van der Waals surface area (Å²) < 4.78 is 0. The first kappa shape index (κ1) is 15.0. The van der Waals surface area contributed by atoms with Crippen molar-refractivity contribution < 1.29 is 19.8 Å². The number of hydrogen-bond donors (Lipinski definition) is 3. The number of hydrogen-bond acceptors (Lipinski definition) is 3. The molecule has 1 rings (SSSR count). The van der Waals surface area contributed by atoms with Gasteiger partial charge in [-0.25, -0.2) is 0 Å². The van der Waals surface area contributed by atoms with Crippen LogP contribution in [0.25, 0.3) is 0 Å². The number of phenolic OH excluding ortho intramolecular Hbond substituents is 1. The van der Waals surface area contributed by atoms with Crippen LogP contribution >= 0.6 is 0 Å². The maximum Gasteiger partial charge on any atom is 0.303 e. The van der Waals surface area contributed by atoms with Gasteiger partial charge in [0.15, 0.2) is 0 Å². The molecule has 0 aliphatic carbocycles. The zero-order valence-electron chi connectivity index (χ0n) is 11.4. The van der Waals surface area contributed by atoms with Crippen molar-refractivity contribution in [2.45, 2.75) is 33.6 Å². The van der Waals surface area contributed by atoms with Gasteiger partial charge in [-0.05, 0) is 36.1 Å². The third kappa shape index (κ3) is 4.99. The van der Waals surface area contributed by atoms with Crippen LogP contribution in [0.1, 0.15) is 32.3 Å². The molecule has 0 spiro atoms. The summed E-state index contributed by atoms with van der Waals surface area (Å²) in [7, 11) is 0. The van der Waals surface area contributed by atoms with Crippen molar-refractivity contribution >= 4 is 17.6 Å². The SMILES string of the molecule is Cc1cc(O)ccc1NC(=O)CC(C)(C)CC(=O)O. The maximum atomic E-state index is 11.9. The second-order valence-corrected chi connectivity index (χ2v) is 5.46. The van der Waals surface area contributed by atoms with Gasteiger partial charge in [-0.3, -0.25) is 9.59 Å². The molecule has 0 aliphatic rings. The number of rotatable bonds is 5. The van der Waals surface area contributed by atoms with Crippen LogP contribution in [0.3, 0.4) is 0 Å². The van der Waals surface area contributed by atoms with Crippen LogP contribution in [0, 0.1) is 12.3 Å². The number of anilines is 1. The molecule has 0 saturated carbocycles. The Hall–Kier alpha value is -2.04. The van der Waals surface area contributed by atoms with Crippen molar-refractivity contribution in [1.29, 1.82) is 0 Å². The summed E-state index contributed by atoms with van der Waals surface area (Å²) in [6, 6.07) is 4.66. The molecule has 19 heavy (non-hydrogen) atoms. The zero-order valence-corrected chi connectivity index (χ0v) is 11.4. The Labute approximate surface area is 112 Å². The molecular formula is C14H19NO4. The summed E-state index contributed by atoms with van der Waals surface area (Å²) in [5.41, 5.74) is 0.777. The molecule has 5 nitrogen and oxygen atoms in total. The number of benzene rings is 1. The Kier molecular flexibility index (Phi) is 4.53. The fraction of sp³-hybridized carbons (Fsp3) is 0.429. The van der Waals surface area contributed by atoms with E-state index in [0.29, 0.717) is 5.69 Å². The Bertz CT molecular complexity index is 494. The summed E-state index contributed by atoms with van der Waals surface area (Å²) in [5, 5.41) is 20.8. The molecule has 1 amide bonds. The van der Waals surface area contributed by atoms with Crippen LogP contribution in [0.5, 0.6) is 5.75 Å². The lowest BCUT2D eigenvalue weighted by Gasteiger charge is -2.21. The lowest BCUT2D eigenvalue weighted by atomic mass is 9.85. The average molecular weight is 265 g/mol. The number of carbonyl (C=O) groups excluding carboxylic acids is 1. The van der Waals surface area contributed by atoms with Crippen molar-refractivity contribution in [2.24, 2.45) is 5.41 Å². The molecule has 1 aromatic rings. The number of aliphatic carboxylic acids is 1. The fourth-order valence-corrected chi connectivity index (χ4v) is 1.89. The normalized spacial score (nSPS) is 11.1. The average Bonchev–Trinajstić information content (AvgIpc) is 2.19. The lowest BCUT2D eigenvalue weighted by Crippen LogP contribution is -2.25. The van der Waals surface area contributed by atoms with E-state index in [4.69, 9.17) is 5.11 Å². The number of phenols is 1. The largest absolute Gasteiger partial charge is 0.508 e. The Morgan fingerprint density at radius 3 is 2.42 bits per heavy atom. The van der Waals surface area contributed by atoms with Gasteiger partial charge in [0, 0.05) is 12.1 Å². The summed E-state index contributed by atoms with van der Waals surface area (Å²) in [5.74, 6) is -1.01. The van der Waals surface area contributed by atoms with Gasteiger partial charge in [0.25, 0.3) is 0 Å². The number of carboxylic acid groups (broad SMARTS) is 1. The van der Waals surface area contributed by atoms with E-state index >= 15 is 0 Å². The first-order valence-electron chi connectivity index (χ1n) is 6.01. The van der Waals surface area contributed by atoms with Gasteiger partial charge in [-0.1, -0.05) is 13.8 Å². The Balaban J connectivity index is 2.67. The van der Waals surface area contributed by atoms with Crippen LogP contribution in [0.4, 0.5) is 5.69 Å². The quantitative estimate of drug-likeness (QED) is 0.714. The third-order valence-corrected chi connectivity index (χ3v) is 2.75. The van der Waals surface area contributed by atoms with E-state index < -0.39 is 11.4 Å². The topological polar surface area (TPSA) is 86.6 Å². The van der Waals surface area contributed by atoms with Gasteiger partial charge in [-0.15, -0.1) is 0 Å². The molecule has 1 aromatic carbocycles. The predicted molar refractivity (Wildman–Crippen MR) is 72.1 cm³/mol. The molecule has 0 heterocycles. The van der Waals surface area contributed by atoms with Crippen LogP contribution < -0.4 is 5.32 Å². The fourth-order valence-electron chi connectivity index (χ4n) is 1.89. The van der Waals surface area contributed by atoms with Crippen molar-refractivity contribution in [3.05, 3.63) is 23.8 Å². The van der Waals surface area contributed by atoms with Gasteiger partial charge in [0.2, 0.25) is 5.91 Å². The standard InChI is InChI=1S/C14H19NO4/c1-9-6-10(16)4-5-11(9)15-12(17)7-14(2,3)8-13(18)19/h4-6,16H,7-8H2,1-3H3,(H,15,17)(H,18,19). The minimum Gasteiger partial charge on any atom is -0.508 e. The van der Waals surface area contributed by atoms with Crippen molar-refractivity contribution in [3.8, 4) is 5.75 Å². The second kappa shape index (κ2) is 5.73. The molecule has 0 aromatic heterocycles. The molecule has 0 atom stereocenters. The molecule has 0 fully saturated rings. The van der Waals surface area contributed by atoms with E-state index in [-0.39, 0.29) is 24.5 Å². The van der Waals surface area contributed by atoms with Crippen LogP contribution in [-0.2, 0) is 9.59 Å². The molecule has 0 saturated heterocycles. The minimum atomic E-state index is -0.918. The van der Waals surface area contributed by atoms with Gasteiger partial charge >= 0.3 is 5.97 Å². The second-order valence-electron chi connectivity index (χ2n) is 5.46. The monoisotopic (exact) mass is 265 g/mol. The molecule has 5 heteroatoms. The van der Waals surface area contributed by atoms with Crippen LogP contribution in [0.15, 0.2) is 18.2 Å². The first-order chi connectivity index (χ1) is 8.69. The van der Waals surface area contributed by atoms with Crippen molar-refractivity contribution in [1.82, 2.24) is 0 Å². The summed E-state index contributed by atoms with van der Waals surface area (Å²) >= 11 is 0.